The Morgan fingerprint density at radius 2 is 1.90 bits per heavy atom. The first-order valence-corrected chi connectivity index (χ1v) is 9.41. The molecule has 0 aliphatic carbocycles. The number of anilines is 1. The van der Waals surface area contributed by atoms with Gasteiger partial charge in [0.1, 0.15) is 18.4 Å². The summed E-state index contributed by atoms with van der Waals surface area (Å²) in [6.07, 6.45) is 1.46. The predicted molar refractivity (Wildman–Crippen MR) is 101 cm³/mol. The highest BCUT2D eigenvalue weighted by Crippen LogP contribution is 2.30. The van der Waals surface area contributed by atoms with E-state index in [1.165, 1.54) is 23.2 Å². The fourth-order valence-corrected chi connectivity index (χ4v) is 3.74. The van der Waals surface area contributed by atoms with Gasteiger partial charge in [-0.1, -0.05) is 12.1 Å². The van der Waals surface area contributed by atoms with Gasteiger partial charge in [-0.05, 0) is 42.7 Å². The molecule has 2 aliphatic rings. The molecule has 1 atom stereocenters. The molecule has 2 amide bonds. The number of hydrogen-bond acceptors (Lipinski definition) is 4. The van der Waals surface area contributed by atoms with Crippen LogP contribution >= 0.6 is 0 Å². The Morgan fingerprint density at radius 1 is 1.14 bits per heavy atom. The number of aryl methyl sites for hydroxylation is 2. The Kier molecular flexibility index (Phi) is 5.04. The second kappa shape index (κ2) is 7.51. The van der Waals surface area contributed by atoms with Gasteiger partial charge in [0.25, 0.3) is 5.91 Å². The summed E-state index contributed by atoms with van der Waals surface area (Å²) in [6, 6.07) is 5.12. The Balaban J connectivity index is 1.66. The molecule has 0 spiro atoms. The quantitative estimate of drug-likeness (QED) is 0.789. The smallest absolute Gasteiger partial charge is 0.251 e. The lowest BCUT2D eigenvalue weighted by molar-refractivity contribution is -0.155. The van der Waals surface area contributed by atoms with Crippen molar-refractivity contribution < 1.29 is 23.1 Å². The highest BCUT2D eigenvalue weighted by atomic mass is 19.1. The van der Waals surface area contributed by atoms with Gasteiger partial charge in [-0.2, -0.15) is 0 Å². The van der Waals surface area contributed by atoms with Gasteiger partial charge in [-0.15, -0.1) is 0 Å². The molecule has 152 valence electrons. The largest absolute Gasteiger partial charge is 0.380 e. The van der Waals surface area contributed by atoms with Gasteiger partial charge in [0.05, 0.1) is 13.2 Å². The van der Waals surface area contributed by atoms with E-state index in [0.717, 1.165) is 10.5 Å². The number of aromatic nitrogens is 1. The van der Waals surface area contributed by atoms with Crippen LogP contribution in [0.25, 0.3) is 0 Å². The number of benzene rings is 1. The third-order valence-electron chi connectivity index (χ3n) is 5.37. The molecule has 4 rings (SSSR count). The summed E-state index contributed by atoms with van der Waals surface area (Å²) in [5.41, 5.74) is 1.82. The van der Waals surface area contributed by atoms with Crippen LogP contribution in [-0.4, -0.2) is 47.5 Å². The zero-order valence-electron chi connectivity index (χ0n) is 16.2. The number of rotatable bonds is 4. The van der Waals surface area contributed by atoms with Gasteiger partial charge in [0.15, 0.2) is 11.6 Å². The Bertz CT molecular complexity index is 978. The lowest BCUT2D eigenvalue weighted by Gasteiger charge is -2.45. The van der Waals surface area contributed by atoms with Crippen LogP contribution in [0.5, 0.6) is 0 Å². The molecule has 0 radical (unpaired) electrons. The van der Waals surface area contributed by atoms with Gasteiger partial charge < -0.3 is 9.64 Å². The van der Waals surface area contributed by atoms with Crippen molar-refractivity contribution in [1.29, 1.82) is 0 Å². The molecule has 8 heteroatoms. The number of pyridine rings is 1. The number of piperazine rings is 1. The van der Waals surface area contributed by atoms with Crippen LogP contribution in [0.15, 0.2) is 30.5 Å². The Hall–Kier alpha value is -2.87. The standard InChI is InChI=1S/C21H21F2N3O3/c1-12-5-17(23)20(24-7-12)26-9-18(27)25(19(21(26)28)15-10-29-11-15)8-14-3-4-16(22)13(2)6-14/h3-7,15,19H,8-11H2,1-2H3/t19-/m1/s1. The lowest BCUT2D eigenvalue weighted by atomic mass is 9.92. The third kappa shape index (κ3) is 3.60. The third-order valence-corrected chi connectivity index (χ3v) is 5.37. The van der Waals surface area contributed by atoms with E-state index < -0.39 is 11.9 Å². The first kappa shape index (κ1) is 19.4. The molecular weight excluding hydrogens is 380 g/mol. The molecule has 1 aromatic carbocycles. The Morgan fingerprint density at radius 3 is 2.52 bits per heavy atom. The zero-order chi connectivity index (χ0) is 20.7. The van der Waals surface area contributed by atoms with Crippen molar-refractivity contribution in [3.05, 3.63) is 58.8 Å². The average Bonchev–Trinajstić information content (AvgIpc) is 2.62. The highest BCUT2D eigenvalue weighted by molar-refractivity contribution is 6.06. The lowest BCUT2D eigenvalue weighted by Crippen LogP contribution is -2.65. The van der Waals surface area contributed by atoms with E-state index in [-0.39, 0.29) is 42.5 Å². The van der Waals surface area contributed by atoms with Crippen molar-refractivity contribution in [3.8, 4) is 0 Å². The van der Waals surface area contributed by atoms with Gasteiger partial charge in [0, 0.05) is 18.7 Å². The second-order valence-corrected chi connectivity index (χ2v) is 7.59. The zero-order valence-corrected chi connectivity index (χ0v) is 16.2. The molecule has 6 nitrogen and oxygen atoms in total. The van der Waals surface area contributed by atoms with E-state index in [1.54, 1.807) is 26.0 Å². The van der Waals surface area contributed by atoms with E-state index in [2.05, 4.69) is 4.98 Å². The van der Waals surface area contributed by atoms with Gasteiger partial charge >= 0.3 is 0 Å². The predicted octanol–water partition coefficient (Wildman–Crippen LogP) is 2.37. The summed E-state index contributed by atoms with van der Waals surface area (Å²) in [7, 11) is 0. The molecule has 1 aromatic heterocycles. The number of nitrogens with zero attached hydrogens (tertiary/aromatic N) is 3. The molecule has 0 N–H and O–H groups in total. The maximum absolute atomic E-state index is 14.4. The number of hydrogen-bond donors (Lipinski definition) is 0. The summed E-state index contributed by atoms with van der Waals surface area (Å²) in [5, 5.41) is 0. The van der Waals surface area contributed by atoms with E-state index in [4.69, 9.17) is 4.74 Å². The first-order chi connectivity index (χ1) is 13.8. The fraction of sp³-hybridized carbons (Fsp3) is 0.381. The number of ether oxygens (including phenoxy) is 1. The molecule has 2 fully saturated rings. The number of amides is 2. The summed E-state index contributed by atoms with van der Waals surface area (Å²) < 4.78 is 33.3. The minimum absolute atomic E-state index is 0.142. The van der Waals surface area contributed by atoms with Gasteiger partial charge in [0.2, 0.25) is 5.91 Å². The minimum Gasteiger partial charge on any atom is -0.380 e. The van der Waals surface area contributed by atoms with Crippen LogP contribution in [-0.2, 0) is 20.9 Å². The number of halogens is 2. The first-order valence-electron chi connectivity index (χ1n) is 9.41. The van der Waals surface area contributed by atoms with Crippen molar-refractivity contribution in [2.24, 2.45) is 5.92 Å². The molecule has 0 bridgehead atoms. The average molecular weight is 401 g/mol. The molecule has 0 unspecified atom stereocenters. The maximum Gasteiger partial charge on any atom is 0.251 e. The number of carbonyl (C=O) groups excluding carboxylic acids is 2. The van der Waals surface area contributed by atoms with Crippen LogP contribution in [0.4, 0.5) is 14.6 Å². The van der Waals surface area contributed by atoms with E-state index in [9.17, 15) is 18.4 Å². The summed E-state index contributed by atoms with van der Waals surface area (Å²) >= 11 is 0. The van der Waals surface area contributed by atoms with Gasteiger partial charge in [-0.3, -0.25) is 14.5 Å². The normalized spacial score (nSPS) is 20.2. The summed E-state index contributed by atoms with van der Waals surface area (Å²) in [5.74, 6) is -1.98. The molecule has 29 heavy (non-hydrogen) atoms. The molecule has 2 saturated heterocycles. The monoisotopic (exact) mass is 401 g/mol. The topological polar surface area (TPSA) is 62.7 Å². The molecule has 0 saturated carbocycles. The van der Waals surface area contributed by atoms with Gasteiger partial charge in [-0.25, -0.2) is 13.8 Å². The van der Waals surface area contributed by atoms with Crippen molar-refractivity contribution in [2.45, 2.75) is 26.4 Å². The van der Waals surface area contributed by atoms with Crippen LogP contribution in [0, 0.1) is 31.4 Å². The Labute approximate surface area is 167 Å². The van der Waals surface area contributed by atoms with E-state index >= 15 is 0 Å². The van der Waals surface area contributed by atoms with Crippen molar-refractivity contribution in [2.75, 3.05) is 24.7 Å². The van der Waals surface area contributed by atoms with Crippen molar-refractivity contribution in [1.82, 2.24) is 9.88 Å². The van der Waals surface area contributed by atoms with Crippen LogP contribution in [0.2, 0.25) is 0 Å². The number of carbonyl (C=O) groups is 2. The minimum atomic E-state index is -0.780. The maximum atomic E-state index is 14.4. The molecule has 3 heterocycles. The second-order valence-electron chi connectivity index (χ2n) is 7.59. The SMILES string of the molecule is Cc1cnc(N2CC(=O)N(Cc3ccc(F)c(C)c3)[C@H](C3COC3)C2=O)c(F)c1. The van der Waals surface area contributed by atoms with Crippen molar-refractivity contribution in [3.63, 3.8) is 0 Å². The van der Waals surface area contributed by atoms with Crippen LogP contribution in [0.1, 0.15) is 16.7 Å². The summed E-state index contributed by atoms with van der Waals surface area (Å²) in [6.45, 7) is 3.91. The molecule has 2 aromatic rings. The molecule has 2 aliphatic heterocycles. The van der Waals surface area contributed by atoms with Crippen LogP contribution in [0.3, 0.4) is 0 Å². The highest BCUT2D eigenvalue weighted by Gasteiger charge is 2.47. The fourth-order valence-electron chi connectivity index (χ4n) is 3.74. The summed E-state index contributed by atoms with van der Waals surface area (Å²) in [4.78, 5) is 32.9. The van der Waals surface area contributed by atoms with E-state index in [0.29, 0.717) is 24.3 Å². The van der Waals surface area contributed by atoms with Crippen LogP contribution < -0.4 is 4.90 Å². The van der Waals surface area contributed by atoms with Crippen molar-refractivity contribution >= 4 is 17.6 Å². The van der Waals surface area contributed by atoms with E-state index in [1.807, 2.05) is 0 Å². The molecular formula is C21H21F2N3O3.